The van der Waals surface area contributed by atoms with E-state index < -0.39 is 0 Å². The summed E-state index contributed by atoms with van der Waals surface area (Å²) in [5, 5.41) is 10.0. The summed E-state index contributed by atoms with van der Waals surface area (Å²) in [6.45, 7) is 11.3. The lowest BCUT2D eigenvalue weighted by Crippen LogP contribution is -2.38. The van der Waals surface area contributed by atoms with E-state index in [1.165, 1.54) is 11.4 Å². The van der Waals surface area contributed by atoms with Crippen LogP contribution in [0.25, 0.3) is 0 Å². The Morgan fingerprint density at radius 3 is 2.75 bits per heavy atom. The minimum absolute atomic E-state index is 0.596. The van der Waals surface area contributed by atoms with Crippen LogP contribution in [0.5, 0.6) is 0 Å². The highest BCUT2D eigenvalue weighted by molar-refractivity contribution is 7.09. The van der Waals surface area contributed by atoms with Gasteiger partial charge in [0.1, 0.15) is 0 Å². The number of nitrogens with zero attached hydrogens (tertiary/aromatic N) is 2. The quantitative estimate of drug-likeness (QED) is 0.440. The maximum Gasteiger partial charge on any atom is 0.191 e. The van der Waals surface area contributed by atoms with Crippen LogP contribution in [0.2, 0.25) is 0 Å². The molecule has 4 nitrogen and oxygen atoms in total. The third-order valence-corrected chi connectivity index (χ3v) is 3.76. The molecule has 0 amide bonds. The van der Waals surface area contributed by atoms with Crippen molar-refractivity contribution < 1.29 is 0 Å². The topological polar surface area (TPSA) is 49.3 Å². The lowest BCUT2D eigenvalue weighted by atomic mass is 10.2. The molecule has 1 rings (SSSR count). The van der Waals surface area contributed by atoms with Crippen LogP contribution in [-0.2, 0) is 6.42 Å². The van der Waals surface area contributed by atoms with Crippen molar-refractivity contribution in [1.82, 2.24) is 15.6 Å². The molecule has 0 spiro atoms. The van der Waals surface area contributed by atoms with Crippen LogP contribution in [0.15, 0.2) is 10.4 Å². The highest BCUT2D eigenvalue weighted by Gasteiger charge is 2.00. The lowest BCUT2D eigenvalue weighted by Gasteiger charge is -2.11. The zero-order valence-electron chi connectivity index (χ0n) is 13.2. The van der Waals surface area contributed by atoms with Gasteiger partial charge in [0.15, 0.2) is 5.96 Å². The van der Waals surface area contributed by atoms with E-state index in [2.05, 4.69) is 53.7 Å². The Morgan fingerprint density at radius 2 is 2.15 bits per heavy atom. The highest BCUT2D eigenvalue weighted by Crippen LogP contribution is 2.11. The molecule has 114 valence electrons. The smallest absolute Gasteiger partial charge is 0.191 e. The molecule has 1 aromatic rings. The molecule has 0 fully saturated rings. The Kier molecular flexibility index (Phi) is 8.26. The maximum atomic E-state index is 4.56. The summed E-state index contributed by atoms with van der Waals surface area (Å²) in [7, 11) is 0. The van der Waals surface area contributed by atoms with E-state index >= 15 is 0 Å². The lowest BCUT2D eigenvalue weighted by molar-refractivity contribution is 0.650. The minimum atomic E-state index is 0.596. The molecule has 0 radical (unpaired) electrons. The highest BCUT2D eigenvalue weighted by atomic mass is 32.1. The molecule has 20 heavy (non-hydrogen) atoms. The van der Waals surface area contributed by atoms with E-state index in [1.807, 2.05) is 0 Å². The molecule has 0 saturated carbocycles. The molecule has 0 saturated heterocycles. The second-order valence-electron chi connectivity index (χ2n) is 5.38. The van der Waals surface area contributed by atoms with Gasteiger partial charge in [-0.25, -0.2) is 4.98 Å². The zero-order valence-corrected chi connectivity index (χ0v) is 14.0. The average molecular weight is 296 g/mol. The third-order valence-electron chi connectivity index (χ3n) is 2.74. The van der Waals surface area contributed by atoms with E-state index in [-0.39, 0.29) is 0 Å². The van der Waals surface area contributed by atoms with Gasteiger partial charge in [0.25, 0.3) is 0 Å². The van der Waals surface area contributed by atoms with Crippen molar-refractivity contribution in [2.24, 2.45) is 10.9 Å². The van der Waals surface area contributed by atoms with Gasteiger partial charge >= 0.3 is 0 Å². The molecule has 0 unspecified atom stereocenters. The number of aromatic nitrogens is 1. The molecule has 0 atom stereocenters. The van der Waals surface area contributed by atoms with Crippen LogP contribution in [-0.4, -0.2) is 30.6 Å². The molecule has 1 heterocycles. The van der Waals surface area contributed by atoms with Gasteiger partial charge in [0.2, 0.25) is 0 Å². The van der Waals surface area contributed by atoms with Gasteiger partial charge in [0.05, 0.1) is 5.01 Å². The van der Waals surface area contributed by atoms with E-state index in [9.17, 15) is 0 Å². The Balaban J connectivity index is 2.18. The Morgan fingerprint density at radius 1 is 1.35 bits per heavy atom. The molecule has 0 bridgehead atoms. The minimum Gasteiger partial charge on any atom is -0.357 e. The summed E-state index contributed by atoms with van der Waals surface area (Å²) in [5.74, 6) is 1.53. The van der Waals surface area contributed by atoms with Crippen molar-refractivity contribution in [3.05, 3.63) is 16.1 Å². The average Bonchev–Trinajstić information content (AvgIpc) is 2.81. The van der Waals surface area contributed by atoms with Crippen molar-refractivity contribution in [1.29, 1.82) is 0 Å². The summed E-state index contributed by atoms with van der Waals surface area (Å²) < 4.78 is 0. The second-order valence-corrected chi connectivity index (χ2v) is 6.32. The molecule has 0 aliphatic heterocycles. The number of unbranched alkanes of at least 4 members (excludes halogenated alkanes) is 1. The number of hydrogen-bond acceptors (Lipinski definition) is 3. The number of thiazole rings is 1. The van der Waals surface area contributed by atoms with Crippen molar-refractivity contribution in [3.8, 4) is 0 Å². The molecular formula is C15H28N4S. The normalized spacial score (nSPS) is 11.9. The molecule has 5 heteroatoms. The van der Waals surface area contributed by atoms with Crippen LogP contribution in [0.3, 0.4) is 0 Å². The first kappa shape index (κ1) is 17.0. The van der Waals surface area contributed by atoms with E-state index in [1.54, 1.807) is 11.3 Å². The van der Waals surface area contributed by atoms with Gasteiger partial charge in [-0.1, -0.05) is 13.8 Å². The van der Waals surface area contributed by atoms with Crippen molar-refractivity contribution in [3.63, 3.8) is 0 Å². The predicted molar refractivity (Wildman–Crippen MR) is 88.6 cm³/mol. The van der Waals surface area contributed by atoms with Crippen LogP contribution in [0.1, 0.15) is 44.3 Å². The fourth-order valence-corrected chi connectivity index (χ4v) is 2.56. The van der Waals surface area contributed by atoms with Crippen LogP contribution < -0.4 is 10.6 Å². The van der Waals surface area contributed by atoms with Crippen molar-refractivity contribution >= 4 is 17.3 Å². The van der Waals surface area contributed by atoms with Gasteiger partial charge in [-0.2, -0.15) is 0 Å². The van der Waals surface area contributed by atoms with E-state index in [0.29, 0.717) is 5.92 Å². The number of aryl methyl sites for hydroxylation is 2. The van der Waals surface area contributed by atoms with E-state index in [4.69, 9.17) is 0 Å². The molecular weight excluding hydrogens is 268 g/mol. The van der Waals surface area contributed by atoms with E-state index in [0.717, 1.165) is 44.1 Å². The molecule has 0 aromatic carbocycles. The first-order valence-electron chi connectivity index (χ1n) is 7.55. The first-order chi connectivity index (χ1) is 9.61. The molecule has 0 aliphatic carbocycles. The Bertz CT molecular complexity index is 398. The zero-order chi connectivity index (χ0) is 14.8. The SMILES string of the molecule is CCNC(=NCC(C)C)NCCCCc1nc(C)cs1. The fourth-order valence-electron chi connectivity index (χ4n) is 1.74. The third kappa shape index (κ3) is 7.48. The summed E-state index contributed by atoms with van der Waals surface area (Å²) in [4.78, 5) is 9.04. The predicted octanol–water partition coefficient (Wildman–Crippen LogP) is 2.99. The maximum absolute atomic E-state index is 4.56. The summed E-state index contributed by atoms with van der Waals surface area (Å²) in [5.41, 5.74) is 1.14. The summed E-state index contributed by atoms with van der Waals surface area (Å²) in [6.07, 6.45) is 3.40. The number of rotatable bonds is 8. The number of nitrogens with one attached hydrogen (secondary N) is 2. The molecule has 2 N–H and O–H groups in total. The largest absolute Gasteiger partial charge is 0.357 e. The Hall–Kier alpha value is -1.10. The molecule has 1 aromatic heterocycles. The summed E-state index contributed by atoms with van der Waals surface area (Å²) >= 11 is 1.77. The first-order valence-corrected chi connectivity index (χ1v) is 8.43. The summed E-state index contributed by atoms with van der Waals surface area (Å²) in [6, 6.07) is 0. The Labute approximate surface area is 127 Å². The van der Waals surface area contributed by atoms with Crippen LogP contribution in [0.4, 0.5) is 0 Å². The standard InChI is InChI=1S/C15H28N4S/c1-5-16-15(18-10-12(2)3)17-9-7-6-8-14-19-13(4)11-20-14/h11-12H,5-10H2,1-4H3,(H2,16,17,18). The number of guanidine groups is 1. The van der Waals surface area contributed by atoms with Crippen LogP contribution in [0, 0.1) is 12.8 Å². The van der Waals surface area contributed by atoms with Crippen molar-refractivity contribution in [2.75, 3.05) is 19.6 Å². The fraction of sp³-hybridized carbons (Fsp3) is 0.733. The number of hydrogen-bond donors (Lipinski definition) is 2. The number of aliphatic imine (C=N–C) groups is 1. The van der Waals surface area contributed by atoms with Gasteiger partial charge in [-0.3, -0.25) is 4.99 Å². The van der Waals surface area contributed by atoms with Gasteiger partial charge in [0, 0.05) is 30.7 Å². The van der Waals surface area contributed by atoms with Gasteiger partial charge < -0.3 is 10.6 Å². The monoisotopic (exact) mass is 296 g/mol. The van der Waals surface area contributed by atoms with Crippen molar-refractivity contribution in [2.45, 2.75) is 47.0 Å². The van der Waals surface area contributed by atoms with Gasteiger partial charge in [-0.05, 0) is 39.0 Å². The van der Waals surface area contributed by atoms with Crippen LogP contribution >= 0.6 is 11.3 Å². The van der Waals surface area contributed by atoms with Gasteiger partial charge in [-0.15, -0.1) is 11.3 Å². The molecule has 0 aliphatic rings. The second kappa shape index (κ2) is 9.75.